The van der Waals surface area contributed by atoms with Crippen molar-refractivity contribution < 1.29 is 0 Å². The Bertz CT molecular complexity index is 704. The van der Waals surface area contributed by atoms with Crippen LogP contribution < -0.4 is 5.73 Å². The maximum absolute atomic E-state index is 5.95. The van der Waals surface area contributed by atoms with Gasteiger partial charge in [0.15, 0.2) is 0 Å². The number of rotatable bonds is 3. The molecule has 0 spiro atoms. The second-order valence-corrected chi connectivity index (χ2v) is 4.69. The first kappa shape index (κ1) is 11.7. The molecule has 1 aromatic heterocycles. The molecule has 2 nitrogen and oxygen atoms in total. The fourth-order valence-electron chi connectivity index (χ4n) is 2.27. The zero-order valence-corrected chi connectivity index (χ0v) is 10.7. The number of aryl methyl sites for hydroxylation is 2. The Morgan fingerprint density at radius 1 is 0.789 bits per heavy atom. The number of anilines is 1. The maximum Gasteiger partial charge on any atom is 0.0705 e. The highest BCUT2D eigenvalue weighted by Crippen LogP contribution is 2.16. The molecule has 3 aromatic rings. The van der Waals surface area contributed by atoms with Gasteiger partial charge in [-0.3, -0.25) is 4.98 Å². The molecule has 2 aromatic carbocycles. The lowest BCUT2D eigenvalue weighted by molar-refractivity contribution is 0.925. The fourth-order valence-corrected chi connectivity index (χ4v) is 2.27. The lowest BCUT2D eigenvalue weighted by atomic mass is 10.1. The van der Waals surface area contributed by atoms with Crippen molar-refractivity contribution in [2.75, 3.05) is 5.73 Å². The van der Waals surface area contributed by atoms with Gasteiger partial charge in [-0.15, -0.1) is 0 Å². The van der Waals surface area contributed by atoms with Crippen molar-refractivity contribution in [3.8, 4) is 0 Å². The quantitative estimate of drug-likeness (QED) is 0.719. The highest BCUT2D eigenvalue weighted by atomic mass is 14.7. The van der Waals surface area contributed by atoms with Crippen molar-refractivity contribution >= 4 is 16.6 Å². The second-order valence-electron chi connectivity index (χ2n) is 4.69. The Morgan fingerprint density at radius 2 is 1.58 bits per heavy atom. The Hall–Kier alpha value is -2.35. The Kier molecular flexibility index (Phi) is 3.15. The normalized spacial score (nSPS) is 10.7. The number of pyridine rings is 1. The Morgan fingerprint density at radius 3 is 2.47 bits per heavy atom. The van der Waals surface area contributed by atoms with Gasteiger partial charge in [-0.2, -0.15) is 0 Å². The number of para-hydroxylation sites is 2. The predicted octanol–water partition coefficient (Wildman–Crippen LogP) is 3.60. The topological polar surface area (TPSA) is 38.9 Å². The van der Waals surface area contributed by atoms with Crippen molar-refractivity contribution in [3.05, 3.63) is 71.9 Å². The molecule has 2 N–H and O–H groups in total. The molecule has 0 fully saturated rings. The summed E-state index contributed by atoms with van der Waals surface area (Å²) in [5.41, 5.74) is 10.2. The summed E-state index contributed by atoms with van der Waals surface area (Å²) in [5, 5.41) is 1.19. The summed E-state index contributed by atoms with van der Waals surface area (Å²) in [6, 6.07) is 20.4. The van der Waals surface area contributed by atoms with Crippen LogP contribution in [-0.2, 0) is 12.8 Å². The van der Waals surface area contributed by atoms with Crippen molar-refractivity contribution in [3.63, 3.8) is 0 Å². The molecular formula is C17H16N2. The van der Waals surface area contributed by atoms with Gasteiger partial charge in [-0.25, -0.2) is 0 Å². The number of nitrogens with two attached hydrogens (primary N) is 1. The van der Waals surface area contributed by atoms with Gasteiger partial charge in [0.2, 0.25) is 0 Å². The third kappa shape index (κ3) is 2.58. The average molecular weight is 248 g/mol. The molecule has 94 valence electrons. The van der Waals surface area contributed by atoms with Crippen LogP contribution in [0.4, 0.5) is 5.69 Å². The third-order valence-corrected chi connectivity index (χ3v) is 3.36. The zero-order valence-electron chi connectivity index (χ0n) is 10.7. The molecule has 0 bridgehead atoms. The number of hydrogen-bond acceptors (Lipinski definition) is 2. The highest BCUT2D eigenvalue weighted by molar-refractivity contribution is 5.78. The van der Waals surface area contributed by atoms with Crippen LogP contribution in [0.5, 0.6) is 0 Å². The third-order valence-electron chi connectivity index (χ3n) is 3.36. The van der Waals surface area contributed by atoms with Gasteiger partial charge in [-0.05, 0) is 36.6 Å². The minimum Gasteiger partial charge on any atom is -0.399 e. The van der Waals surface area contributed by atoms with Crippen LogP contribution >= 0.6 is 0 Å². The van der Waals surface area contributed by atoms with Crippen LogP contribution in [0, 0.1) is 0 Å². The van der Waals surface area contributed by atoms with Crippen LogP contribution in [0.2, 0.25) is 0 Å². The lowest BCUT2D eigenvalue weighted by Crippen LogP contribution is -1.98. The monoisotopic (exact) mass is 248 g/mol. The standard InChI is InChI=1S/C17H16N2/c18-16-7-3-1-5-13(16)9-11-15-12-10-14-6-2-4-8-17(14)19-15/h1-8,10,12H,9,11,18H2. The van der Waals surface area contributed by atoms with E-state index in [1.54, 1.807) is 0 Å². The summed E-state index contributed by atoms with van der Waals surface area (Å²) >= 11 is 0. The molecule has 0 aliphatic heterocycles. The van der Waals surface area contributed by atoms with Gasteiger partial charge in [0.05, 0.1) is 5.52 Å². The molecule has 0 radical (unpaired) electrons. The van der Waals surface area contributed by atoms with Crippen molar-refractivity contribution in [2.24, 2.45) is 0 Å². The summed E-state index contributed by atoms with van der Waals surface area (Å²) in [6.45, 7) is 0. The molecule has 0 unspecified atom stereocenters. The number of nitrogen functional groups attached to an aromatic ring is 1. The second kappa shape index (κ2) is 5.11. The van der Waals surface area contributed by atoms with E-state index in [0.29, 0.717) is 0 Å². The first-order valence-electron chi connectivity index (χ1n) is 6.51. The fraction of sp³-hybridized carbons (Fsp3) is 0.118. The van der Waals surface area contributed by atoms with Gasteiger partial charge in [0.1, 0.15) is 0 Å². The van der Waals surface area contributed by atoms with E-state index in [4.69, 9.17) is 5.73 Å². The van der Waals surface area contributed by atoms with Gasteiger partial charge in [0, 0.05) is 16.8 Å². The predicted molar refractivity (Wildman–Crippen MR) is 80.0 cm³/mol. The molecule has 19 heavy (non-hydrogen) atoms. The van der Waals surface area contributed by atoms with E-state index in [-0.39, 0.29) is 0 Å². The first-order chi connectivity index (χ1) is 9.33. The smallest absolute Gasteiger partial charge is 0.0705 e. The Labute approximate surface area is 112 Å². The molecule has 0 saturated heterocycles. The molecule has 0 amide bonds. The number of hydrogen-bond donors (Lipinski definition) is 1. The lowest BCUT2D eigenvalue weighted by Gasteiger charge is -2.06. The van der Waals surface area contributed by atoms with Crippen LogP contribution in [0.15, 0.2) is 60.7 Å². The number of benzene rings is 2. The average Bonchev–Trinajstić information content (AvgIpc) is 2.46. The van der Waals surface area contributed by atoms with Crippen molar-refractivity contribution in [2.45, 2.75) is 12.8 Å². The van der Waals surface area contributed by atoms with Crippen LogP contribution in [0.1, 0.15) is 11.3 Å². The van der Waals surface area contributed by atoms with E-state index in [2.05, 4.69) is 35.3 Å². The van der Waals surface area contributed by atoms with Gasteiger partial charge in [0.25, 0.3) is 0 Å². The van der Waals surface area contributed by atoms with Crippen LogP contribution in [-0.4, -0.2) is 4.98 Å². The minimum atomic E-state index is 0.864. The van der Waals surface area contributed by atoms with Crippen LogP contribution in [0.25, 0.3) is 10.9 Å². The first-order valence-corrected chi connectivity index (χ1v) is 6.51. The highest BCUT2D eigenvalue weighted by Gasteiger charge is 2.01. The molecule has 0 saturated carbocycles. The molecule has 0 aliphatic rings. The molecular weight excluding hydrogens is 232 g/mol. The summed E-state index contributed by atoms with van der Waals surface area (Å²) in [5.74, 6) is 0. The summed E-state index contributed by atoms with van der Waals surface area (Å²) in [6.07, 6.45) is 1.84. The van der Waals surface area contributed by atoms with E-state index >= 15 is 0 Å². The van der Waals surface area contributed by atoms with E-state index in [0.717, 1.165) is 29.7 Å². The van der Waals surface area contributed by atoms with Crippen molar-refractivity contribution in [1.82, 2.24) is 4.98 Å². The number of nitrogens with zero attached hydrogens (tertiary/aromatic N) is 1. The summed E-state index contributed by atoms with van der Waals surface area (Å²) < 4.78 is 0. The largest absolute Gasteiger partial charge is 0.399 e. The summed E-state index contributed by atoms with van der Waals surface area (Å²) in [7, 11) is 0. The zero-order chi connectivity index (χ0) is 13.1. The van der Waals surface area contributed by atoms with E-state index < -0.39 is 0 Å². The molecule has 2 heteroatoms. The Balaban J connectivity index is 1.80. The van der Waals surface area contributed by atoms with E-state index in [9.17, 15) is 0 Å². The van der Waals surface area contributed by atoms with Gasteiger partial charge in [-0.1, -0.05) is 42.5 Å². The molecule has 0 atom stereocenters. The van der Waals surface area contributed by atoms with Gasteiger partial charge < -0.3 is 5.73 Å². The molecule has 1 heterocycles. The SMILES string of the molecule is Nc1ccccc1CCc1ccc2ccccc2n1. The molecule has 3 rings (SSSR count). The minimum absolute atomic E-state index is 0.864. The van der Waals surface area contributed by atoms with Gasteiger partial charge >= 0.3 is 0 Å². The van der Waals surface area contributed by atoms with E-state index in [1.807, 2.05) is 30.3 Å². The van der Waals surface area contributed by atoms with Crippen LogP contribution in [0.3, 0.4) is 0 Å². The maximum atomic E-state index is 5.95. The van der Waals surface area contributed by atoms with E-state index in [1.165, 1.54) is 10.9 Å². The number of fused-ring (bicyclic) bond motifs is 1. The van der Waals surface area contributed by atoms with Crippen molar-refractivity contribution in [1.29, 1.82) is 0 Å². The molecule has 0 aliphatic carbocycles. The summed E-state index contributed by atoms with van der Waals surface area (Å²) in [4.78, 5) is 4.68. The number of aromatic nitrogens is 1.